The molecule has 0 saturated carbocycles. The molecule has 2 aromatic carbocycles. The largest absolute Gasteiger partial charge is 1.00 e. The van der Waals surface area contributed by atoms with Crippen LogP contribution in [0.4, 0.5) is 5.69 Å². The Morgan fingerprint density at radius 2 is 1.56 bits per heavy atom. The van der Waals surface area contributed by atoms with Gasteiger partial charge in [0.2, 0.25) is 5.01 Å². The van der Waals surface area contributed by atoms with Crippen LogP contribution in [0.5, 0.6) is 5.75 Å². The van der Waals surface area contributed by atoms with Crippen LogP contribution in [0.1, 0.15) is 105 Å². The molecule has 0 unspecified atom stereocenters. The van der Waals surface area contributed by atoms with Crippen LogP contribution in [0.25, 0.3) is 0 Å². The smallest absolute Gasteiger partial charge is 0.255 e. The van der Waals surface area contributed by atoms with E-state index in [1.165, 1.54) is 69.2 Å². The average molecular weight is 636 g/mol. The lowest BCUT2D eigenvalue weighted by atomic mass is 10.1. The zero-order valence-electron chi connectivity index (χ0n) is 23.5. The number of nitrogens with zero attached hydrogens (tertiary/aromatic N) is 1. The van der Waals surface area contributed by atoms with Gasteiger partial charge in [0, 0.05) is 18.1 Å². The molecule has 0 spiro atoms. The van der Waals surface area contributed by atoms with Gasteiger partial charge in [-0.1, -0.05) is 119 Å². The zero-order chi connectivity index (χ0) is 27.0. The molecule has 0 aliphatic carbocycles. The number of unbranched alkanes of at least 4 members (excludes halogenated alkanes) is 11. The Morgan fingerprint density at radius 1 is 0.923 bits per heavy atom. The van der Waals surface area contributed by atoms with E-state index in [0.717, 1.165) is 24.9 Å². The van der Waals surface area contributed by atoms with E-state index in [1.807, 2.05) is 36.4 Å². The maximum absolute atomic E-state index is 13.1. The van der Waals surface area contributed by atoms with E-state index in [0.29, 0.717) is 28.6 Å². The first-order chi connectivity index (χ1) is 18.6. The molecule has 1 amide bonds. The number of hydrogen-bond acceptors (Lipinski definition) is 3. The van der Waals surface area contributed by atoms with Crippen LogP contribution in [0.2, 0.25) is 5.02 Å². The number of benzene rings is 2. The Balaban J connectivity index is 0.00000533. The highest BCUT2D eigenvalue weighted by molar-refractivity contribution is 7.09. The number of ether oxygens (including phenoxy) is 1. The fraction of sp³-hybridized carbons (Fsp3) is 0.500. The second-order valence-electron chi connectivity index (χ2n) is 10.1. The van der Waals surface area contributed by atoms with E-state index < -0.39 is 0 Å². The van der Waals surface area contributed by atoms with Gasteiger partial charge in [-0.3, -0.25) is 4.79 Å². The standard InChI is InChI=1S/C32H43ClN2O2S.BrH/c1-3-4-5-6-7-8-9-10-11-12-13-14-22-37-31-29(33)19-16-20-30(31)34-32(36)28-18-15-17-27(24-28)25-35-21-23-38-26(35)2;/h15-21,23-24H,3-14,22,25H2,1-2H3;1H. The van der Waals surface area contributed by atoms with E-state index in [1.54, 1.807) is 17.4 Å². The predicted molar refractivity (Wildman–Crippen MR) is 161 cm³/mol. The lowest BCUT2D eigenvalue weighted by Crippen LogP contribution is -3.00. The van der Waals surface area contributed by atoms with Crippen molar-refractivity contribution >= 4 is 34.5 Å². The minimum Gasteiger partial charge on any atom is -1.00 e. The summed E-state index contributed by atoms with van der Waals surface area (Å²) in [6.45, 7) is 5.70. The SMILES string of the molecule is CCCCCCCCCCCCCCOc1c(Cl)cccc1NC(=O)c1cccc(C[n+]2ccsc2C)c1.[Br-]. The number of para-hydroxylation sites is 1. The summed E-state index contributed by atoms with van der Waals surface area (Å²) in [5.74, 6) is 0.377. The number of nitrogens with one attached hydrogen (secondary N) is 1. The molecule has 0 radical (unpaired) electrons. The molecule has 3 aromatic rings. The maximum atomic E-state index is 13.1. The Labute approximate surface area is 254 Å². The highest BCUT2D eigenvalue weighted by atomic mass is 79.9. The van der Waals surface area contributed by atoms with Gasteiger partial charge in [-0.05, 0) is 30.7 Å². The molecule has 1 heterocycles. The molecule has 214 valence electrons. The zero-order valence-corrected chi connectivity index (χ0v) is 26.7. The molecule has 4 nitrogen and oxygen atoms in total. The number of aromatic nitrogens is 1. The Bertz CT molecular complexity index is 1120. The number of aryl methyl sites for hydroxylation is 1. The summed E-state index contributed by atoms with van der Waals surface area (Å²) in [7, 11) is 0. The van der Waals surface area contributed by atoms with Crippen molar-refractivity contribution in [2.75, 3.05) is 11.9 Å². The van der Waals surface area contributed by atoms with Crippen LogP contribution < -0.4 is 31.6 Å². The molecule has 0 aliphatic rings. The molecular formula is C32H44BrClN2O2S. The number of halogens is 2. The van der Waals surface area contributed by atoms with E-state index >= 15 is 0 Å². The number of carbonyl (C=O) groups excluding carboxylic acids is 1. The second-order valence-corrected chi connectivity index (χ2v) is 11.6. The first-order valence-corrected chi connectivity index (χ1v) is 15.6. The molecule has 7 heteroatoms. The van der Waals surface area contributed by atoms with Gasteiger partial charge < -0.3 is 27.0 Å². The normalized spacial score (nSPS) is 10.7. The summed E-state index contributed by atoms with van der Waals surface area (Å²) in [6, 6.07) is 13.2. The number of anilines is 1. The monoisotopic (exact) mass is 634 g/mol. The summed E-state index contributed by atoms with van der Waals surface area (Å²) >= 11 is 8.16. The highest BCUT2D eigenvalue weighted by Crippen LogP contribution is 2.33. The quantitative estimate of drug-likeness (QED) is 0.130. The number of thiazole rings is 1. The summed E-state index contributed by atoms with van der Waals surface area (Å²) in [6.07, 6.45) is 17.7. The molecule has 0 aliphatic heterocycles. The van der Waals surface area contributed by atoms with Gasteiger partial charge in [0.25, 0.3) is 5.91 Å². The summed E-state index contributed by atoms with van der Waals surface area (Å²) in [5, 5.41) is 6.83. The van der Waals surface area contributed by atoms with Gasteiger partial charge in [-0.2, -0.15) is 4.57 Å². The van der Waals surface area contributed by atoms with Crippen LogP contribution in [-0.2, 0) is 6.54 Å². The third kappa shape index (κ3) is 12.0. The van der Waals surface area contributed by atoms with Crippen molar-refractivity contribution in [2.45, 2.75) is 97.4 Å². The molecular weight excluding hydrogens is 592 g/mol. The second kappa shape index (κ2) is 19.2. The van der Waals surface area contributed by atoms with Crippen molar-refractivity contribution in [1.29, 1.82) is 0 Å². The van der Waals surface area contributed by atoms with Crippen molar-refractivity contribution < 1.29 is 31.1 Å². The van der Waals surface area contributed by atoms with E-state index in [4.69, 9.17) is 16.3 Å². The topological polar surface area (TPSA) is 42.2 Å². The fourth-order valence-electron chi connectivity index (χ4n) is 4.61. The minimum absolute atomic E-state index is 0. The third-order valence-corrected chi connectivity index (χ3v) is 8.02. The van der Waals surface area contributed by atoms with E-state index in [-0.39, 0.29) is 22.9 Å². The van der Waals surface area contributed by atoms with Crippen LogP contribution in [0, 0.1) is 6.92 Å². The van der Waals surface area contributed by atoms with E-state index in [2.05, 4.69) is 35.3 Å². The third-order valence-electron chi connectivity index (χ3n) is 6.89. The molecule has 3 rings (SSSR count). The number of carbonyl (C=O) groups is 1. The van der Waals surface area contributed by atoms with Gasteiger partial charge in [-0.15, -0.1) is 0 Å². The fourth-order valence-corrected chi connectivity index (χ4v) is 5.51. The first-order valence-electron chi connectivity index (χ1n) is 14.3. The first kappa shape index (κ1) is 33.3. The lowest BCUT2D eigenvalue weighted by molar-refractivity contribution is -0.689. The maximum Gasteiger partial charge on any atom is 0.255 e. The molecule has 1 aromatic heterocycles. The van der Waals surface area contributed by atoms with Crippen LogP contribution >= 0.6 is 22.9 Å². The summed E-state index contributed by atoms with van der Waals surface area (Å²) in [4.78, 5) is 13.1. The average Bonchev–Trinajstić information content (AvgIpc) is 3.32. The number of hydrogen-bond donors (Lipinski definition) is 1. The van der Waals surface area contributed by atoms with Gasteiger partial charge in [0.1, 0.15) is 0 Å². The molecule has 0 atom stereocenters. The molecule has 1 N–H and O–H groups in total. The van der Waals surface area contributed by atoms with Crippen molar-refractivity contribution in [3.05, 3.63) is 75.2 Å². The van der Waals surface area contributed by atoms with Crippen molar-refractivity contribution in [3.63, 3.8) is 0 Å². The van der Waals surface area contributed by atoms with Gasteiger partial charge in [0.05, 0.1) is 22.7 Å². The van der Waals surface area contributed by atoms with Crippen molar-refractivity contribution in [2.24, 2.45) is 0 Å². The molecule has 0 fully saturated rings. The Morgan fingerprint density at radius 3 is 2.21 bits per heavy atom. The minimum atomic E-state index is -0.170. The Kier molecular flexibility index (Phi) is 16.4. The van der Waals surface area contributed by atoms with E-state index in [9.17, 15) is 4.79 Å². The van der Waals surface area contributed by atoms with Crippen molar-refractivity contribution in [1.82, 2.24) is 0 Å². The lowest BCUT2D eigenvalue weighted by Gasteiger charge is -2.14. The molecule has 0 saturated heterocycles. The van der Waals surface area contributed by atoms with Gasteiger partial charge >= 0.3 is 0 Å². The van der Waals surface area contributed by atoms with Crippen LogP contribution in [0.15, 0.2) is 54.0 Å². The van der Waals surface area contributed by atoms with Gasteiger partial charge in [-0.25, -0.2) is 0 Å². The molecule has 0 bridgehead atoms. The summed E-state index contributed by atoms with van der Waals surface area (Å²) < 4.78 is 8.24. The predicted octanol–water partition coefficient (Wildman–Crippen LogP) is 6.38. The highest BCUT2D eigenvalue weighted by Gasteiger charge is 2.15. The number of rotatable bonds is 18. The van der Waals surface area contributed by atoms with Gasteiger partial charge in [0.15, 0.2) is 18.5 Å². The summed E-state index contributed by atoms with van der Waals surface area (Å²) in [5.41, 5.74) is 2.30. The Hall–Kier alpha value is -1.89. The van der Waals surface area contributed by atoms with Crippen LogP contribution in [0.3, 0.4) is 0 Å². The number of amides is 1. The molecule has 39 heavy (non-hydrogen) atoms. The van der Waals surface area contributed by atoms with Crippen LogP contribution in [-0.4, -0.2) is 12.5 Å². The van der Waals surface area contributed by atoms with Crippen molar-refractivity contribution in [3.8, 4) is 5.75 Å².